The largest absolute Gasteiger partial charge is 0.321 e. The highest BCUT2D eigenvalue weighted by Gasteiger charge is 2.07. The minimum Gasteiger partial charge on any atom is -0.321 e. The van der Waals surface area contributed by atoms with Gasteiger partial charge in [0.05, 0.1) is 0 Å². The molecule has 0 aliphatic rings. The van der Waals surface area contributed by atoms with Crippen molar-refractivity contribution < 1.29 is 4.79 Å². The fourth-order valence-corrected chi connectivity index (χ4v) is 1.83. The first-order chi connectivity index (χ1) is 8.69. The molecular formula is C12H11N3O2S. The number of anilines is 1. The van der Waals surface area contributed by atoms with Crippen LogP contribution in [-0.4, -0.2) is 22.4 Å². The smallest absolute Gasteiger partial charge is 0.276 e. The van der Waals surface area contributed by atoms with Crippen LogP contribution in [0.15, 0.2) is 46.1 Å². The first-order valence-corrected chi connectivity index (χ1v) is 6.42. The van der Waals surface area contributed by atoms with Crippen LogP contribution in [0.5, 0.6) is 0 Å². The van der Waals surface area contributed by atoms with Crippen LogP contribution in [0.4, 0.5) is 5.69 Å². The third-order valence-corrected chi connectivity index (χ3v) is 2.96. The third kappa shape index (κ3) is 2.98. The quantitative estimate of drug-likeness (QED) is 0.825. The molecule has 18 heavy (non-hydrogen) atoms. The number of nitrogens with zero attached hydrogens (tertiary/aromatic N) is 1. The van der Waals surface area contributed by atoms with E-state index in [0.29, 0.717) is 5.69 Å². The Morgan fingerprint density at radius 1 is 1.33 bits per heavy atom. The maximum absolute atomic E-state index is 11.8. The standard InChI is InChI=1S/C12H11N3O2S/c1-18-9-4-2-3-8(7-9)13-12(17)10-5-6-11(16)15-14-10/h2-7H,1H3,(H,13,17)(H,15,16). The number of benzene rings is 1. The average Bonchev–Trinajstić information content (AvgIpc) is 2.39. The number of aromatic amines is 1. The van der Waals surface area contributed by atoms with Gasteiger partial charge in [0.1, 0.15) is 5.69 Å². The molecular weight excluding hydrogens is 250 g/mol. The van der Waals surface area contributed by atoms with Crippen molar-refractivity contribution in [1.82, 2.24) is 10.2 Å². The van der Waals surface area contributed by atoms with Crippen molar-refractivity contribution in [2.45, 2.75) is 4.90 Å². The van der Waals surface area contributed by atoms with Crippen molar-refractivity contribution in [3.8, 4) is 0 Å². The van der Waals surface area contributed by atoms with E-state index in [9.17, 15) is 9.59 Å². The van der Waals surface area contributed by atoms with Crippen LogP contribution in [0.1, 0.15) is 10.5 Å². The molecule has 0 spiro atoms. The van der Waals surface area contributed by atoms with Crippen LogP contribution >= 0.6 is 11.8 Å². The minimum absolute atomic E-state index is 0.171. The summed E-state index contributed by atoms with van der Waals surface area (Å²) in [5.41, 5.74) is 0.528. The summed E-state index contributed by atoms with van der Waals surface area (Å²) in [5.74, 6) is -0.357. The Labute approximate surface area is 108 Å². The number of aromatic nitrogens is 2. The molecule has 0 atom stereocenters. The molecule has 0 fully saturated rings. The van der Waals surface area contributed by atoms with Gasteiger partial charge in [-0.2, -0.15) is 5.10 Å². The number of nitrogens with one attached hydrogen (secondary N) is 2. The fourth-order valence-electron chi connectivity index (χ4n) is 1.37. The molecule has 2 aromatic rings. The summed E-state index contributed by atoms with van der Waals surface area (Å²) in [7, 11) is 0. The first kappa shape index (κ1) is 12.4. The molecule has 6 heteroatoms. The van der Waals surface area contributed by atoms with Gasteiger partial charge in [-0.15, -0.1) is 11.8 Å². The van der Waals surface area contributed by atoms with Gasteiger partial charge in [-0.3, -0.25) is 9.59 Å². The SMILES string of the molecule is CSc1cccc(NC(=O)c2ccc(=O)[nH]n2)c1. The Morgan fingerprint density at radius 3 is 2.83 bits per heavy atom. The van der Waals surface area contributed by atoms with Gasteiger partial charge < -0.3 is 5.32 Å². The summed E-state index contributed by atoms with van der Waals surface area (Å²) < 4.78 is 0. The Balaban J connectivity index is 2.15. The number of amides is 1. The maximum atomic E-state index is 11.8. The number of hydrogen-bond donors (Lipinski definition) is 2. The molecule has 5 nitrogen and oxygen atoms in total. The minimum atomic E-state index is -0.357. The van der Waals surface area contributed by atoms with E-state index in [2.05, 4.69) is 15.5 Å². The number of thioether (sulfide) groups is 1. The summed E-state index contributed by atoms with van der Waals surface area (Å²) in [6.07, 6.45) is 1.96. The van der Waals surface area contributed by atoms with Crippen molar-refractivity contribution in [3.05, 3.63) is 52.4 Å². The second-order valence-electron chi connectivity index (χ2n) is 3.49. The Morgan fingerprint density at radius 2 is 2.17 bits per heavy atom. The van der Waals surface area contributed by atoms with Gasteiger partial charge in [0.2, 0.25) is 0 Å². The number of carbonyl (C=O) groups is 1. The van der Waals surface area contributed by atoms with Crippen LogP contribution in [0.2, 0.25) is 0 Å². The van der Waals surface area contributed by atoms with Crippen molar-refractivity contribution in [3.63, 3.8) is 0 Å². The molecule has 2 N–H and O–H groups in total. The van der Waals surface area contributed by atoms with E-state index < -0.39 is 0 Å². The number of hydrogen-bond acceptors (Lipinski definition) is 4. The molecule has 0 bridgehead atoms. The predicted octanol–water partition coefficient (Wildman–Crippen LogP) is 1.74. The zero-order valence-corrected chi connectivity index (χ0v) is 10.5. The third-order valence-electron chi connectivity index (χ3n) is 2.24. The first-order valence-electron chi connectivity index (χ1n) is 5.20. The van der Waals surface area contributed by atoms with Crippen LogP contribution in [-0.2, 0) is 0 Å². The number of H-pyrrole nitrogens is 1. The highest BCUT2D eigenvalue weighted by atomic mass is 32.2. The monoisotopic (exact) mass is 261 g/mol. The molecule has 0 saturated heterocycles. The lowest BCUT2D eigenvalue weighted by atomic mass is 10.3. The van der Waals surface area contributed by atoms with Gasteiger partial charge in [-0.05, 0) is 30.5 Å². The van der Waals surface area contributed by atoms with E-state index in [1.54, 1.807) is 17.8 Å². The molecule has 0 aliphatic heterocycles. The van der Waals surface area contributed by atoms with Crippen molar-refractivity contribution in [1.29, 1.82) is 0 Å². The Bertz CT molecular complexity index is 604. The normalized spacial score (nSPS) is 10.1. The molecule has 1 heterocycles. The molecule has 0 aliphatic carbocycles. The summed E-state index contributed by atoms with van der Waals surface area (Å²) >= 11 is 1.59. The van der Waals surface area contributed by atoms with E-state index in [0.717, 1.165) is 4.90 Å². The van der Waals surface area contributed by atoms with Crippen LogP contribution in [0.3, 0.4) is 0 Å². The highest BCUT2D eigenvalue weighted by Crippen LogP contribution is 2.19. The number of rotatable bonds is 3. The van der Waals surface area contributed by atoms with Crippen LogP contribution in [0.25, 0.3) is 0 Å². The molecule has 0 unspecified atom stereocenters. The lowest BCUT2D eigenvalue weighted by molar-refractivity contribution is 0.102. The fraction of sp³-hybridized carbons (Fsp3) is 0.0833. The lowest BCUT2D eigenvalue weighted by Crippen LogP contribution is -2.17. The van der Waals surface area contributed by atoms with Crippen molar-refractivity contribution in [2.24, 2.45) is 0 Å². The molecule has 92 valence electrons. The zero-order chi connectivity index (χ0) is 13.0. The van der Waals surface area contributed by atoms with E-state index >= 15 is 0 Å². The predicted molar refractivity (Wildman–Crippen MR) is 71.0 cm³/mol. The summed E-state index contributed by atoms with van der Waals surface area (Å²) in [4.78, 5) is 23.7. The van der Waals surface area contributed by atoms with Gasteiger partial charge in [0.15, 0.2) is 0 Å². The molecule has 2 rings (SSSR count). The number of carbonyl (C=O) groups excluding carboxylic acids is 1. The van der Waals surface area contributed by atoms with E-state index in [1.165, 1.54) is 12.1 Å². The van der Waals surface area contributed by atoms with Gasteiger partial charge in [-0.25, -0.2) is 5.10 Å². The molecule has 0 radical (unpaired) electrons. The molecule has 1 aromatic carbocycles. The van der Waals surface area contributed by atoms with Gasteiger partial charge in [0.25, 0.3) is 11.5 Å². The summed E-state index contributed by atoms with van der Waals surface area (Å²) in [6.45, 7) is 0. The van der Waals surface area contributed by atoms with Crippen molar-refractivity contribution in [2.75, 3.05) is 11.6 Å². The second kappa shape index (κ2) is 5.50. The Kier molecular flexibility index (Phi) is 3.78. The second-order valence-corrected chi connectivity index (χ2v) is 4.37. The molecule has 1 amide bonds. The highest BCUT2D eigenvalue weighted by molar-refractivity contribution is 7.98. The van der Waals surface area contributed by atoms with Crippen molar-refractivity contribution >= 4 is 23.4 Å². The van der Waals surface area contributed by atoms with Crippen LogP contribution in [0, 0.1) is 0 Å². The van der Waals surface area contributed by atoms with E-state index in [-0.39, 0.29) is 17.2 Å². The Hall–Kier alpha value is -2.08. The van der Waals surface area contributed by atoms with E-state index in [4.69, 9.17) is 0 Å². The van der Waals surface area contributed by atoms with Gasteiger partial charge >= 0.3 is 0 Å². The van der Waals surface area contributed by atoms with E-state index in [1.807, 2.05) is 24.5 Å². The van der Waals surface area contributed by atoms with Crippen LogP contribution < -0.4 is 10.9 Å². The molecule has 0 saturated carbocycles. The average molecular weight is 261 g/mol. The topological polar surface area (TPSA) is 74.8 Å². The summed E-state index contributed by atoms with van der Waals surface area (Å²) in [6, 6.07) is 10.1. The summed E-state index contributed by atoms with van der Waals surface area (Å²) in [5, 5.41) is 8.60. The van der Waals surface area contributed by atoms with Gasteiger partial charge in [-0.1, -0.05) is 6.07 Å². The zero-order valence-electron chi connectivity index (χ0n) is 9.64. The lowest BCUT2D eigenvalue weighted by Gasteiger charge is -2.05. The van der Waals surface area contributed by atoms with Gasteiger partial charge in [0, 0.05) is 16.6 Å². The molecule has 1 aromatic heterocycles. The maximum Gasteiger partial charge on any atom is 0.276 e.